The van der Waals surface area contributed by atoms with Crippen LogP contribution in [-0.4, -0.2) is 24.5 Å². The Morgan fingerprint density at radius 2 is 2.00 bits per heavy atom. The van der Waals surface area contributed by atoms with Gasteiger partial charge in [-0.05, 0) is 55.2 Å². The van der Waals surface area contributed by atoms with Crippen molar-refractivity contribution in [3.8, 4) is 5.75 Å². The van der Waals surface area contributed by atoms with Gasteiger partial charge in [0.15, 0.2) is 0 Å². The molecule has 0 spiro atoms. The lowest BCUT2D eigenvalue weighted by Crippen LogP contribution is -2.44. The van der Waals surface area contributed by atoms with Crippen molar-refractivity contribution in [1.82, 2.24) is 10.6 Å². The van der Waals surface area contributed by atoms with Crippen LogP contribution in [0.4, 0.5) is 17.6 Å². The molecule has 2 aromatic rings. The minimum atomic E-state index is -4.60. The van der Waals surface area contributed by atoms with Gasteiger partial charge >= 0.3 is 6.18 Å². The van der Waals surface area contributed by atoms with E-state index in [0.29, 0.717) is 43.6 Å². The number of methoxy groups -OCH3 is 1. The second-order valence-electron chi connectivity index (χ2n) is 7.94. The topological polar surface area (TPSA) is 67.4 Å². The first-order valence-corrected chi connectivity index (χ1v) is 10.2. The van der Waals surface area contributed by atoms with E-state index in [1.807, 2.05) is 24.3 Å². The van der Waals surface area contributed by atoms with Gasteiger partial charge < -0.3 is 15.4 Å². The van der Waals surface area contributed by atoms with Crippen LogP contribution in [0.3, 0.4) is 0 Å². The van der Waals surface area contributed by atoms with E-state index in [0.717, 1.165) is 11.6 Å². The maximum atomic E-state index is 13.9. The predicted molar refractivity (Wildman–Crippen MR) is 109 cm³/mol. The molecular formula is C23H24F4N2O3. The zero-order chi connectivity index (χ0) is 23.4. The van der Waals surface area contributed by atoms with Crippen LogP contribution in [0, 0.1) is 5.82 Å². The summed E-state index contributed by atoms with van der Waals surface area (Å²) in [6.45, 7) is -0.357. The van der Waals surface area contributed by atoms with Crippen LogP contribution in [0.15, 0.2) is 42.5 Å². The van der Waals surface area contributed by atoms with Gasteiger partial charge in [0, 0.05) is 30.5 Å². The minimum absolute atomic E-state index is 0.0326. The molecule has 9 heteroatoms. The van der Waals surface area contributed by atoms with Gasteiger partial charge in [-0.1, -0.05) is 12.1 Å². The van der Waals surface area contributed by atoms with Gasteiger partial charge in [0.05, 0.1) is 12.7 Å². The molecule has 1 fully saturated rings. The molecular weight excluding hydrogens is 428 g/mol. The molecule has 0 aromatic heterocycles. The third-order valence-electron chi connectivity index (χ3n) is 5.59. The Labute approximate surface area is 183 Å². The highest BCUT2D eigenvalue weighted by Gasteiger charge is 2.38. The largest absolute Gasteiger partial charge is 0.497 e. The standard InChI is InChI=1S/C23H24F4N2O3/c1-32-18-4-2-3-15(11-18)13-22(10-8-21(31)29-22)9-7-20(30)28-14-16-12-17(23(25,26)27)5-6-19(16)24/h2-6,11-12H,7-10,13-14H2,1H3,(H,28,30)(H,29,31)/t22-/m0/s1. The molecule has 0 aliphatic carbocycles. The molecule has 3 rings (SSSR count). The smallest absolute Gasteiger partial charge is 0.416 e. The van der Waals surface area contributed by atoms with Gasteiger partial charge in [-0.3, -0.25) is 9.59 Å². The van der Waals surface area contributed by atoms with Crippen LogP contribution >= 0.6 is 0 Å². The summed E-state index contributed by atoms with van der Waals surface area (Å²) in [7, 11) is 1.56. The number of hydrogen-bond donors (Lipinski definition) is 2. The van der Waals surface area contributed by atoms with Crippen LogP contribution in [0.25, 0.3) is 0 Å². The van der Waals surface area contributed by atoms with Gasteiger partial charge in [0.1, 0.15) is 11.6 Å². The van der Waals surface area contributed by atoms with E-state index in [1.165, 1.54) is 0 Å². The first kappa shape index (κ1) is 23.6. The predicted octanol–water partition coefficient (Wildman–Crippen LogP) is 4.14. The SMILES string of the molecule is COc1cccc(C[C@]2(CCC(=O)NCc3cc(C(F)(F)F)ccc3F)CCC(=O)N2)c1. The number of alkyl halides is 3. The molecule has 1 aliphatic heterocycles. The summed E-state index contributed by atoms with van der Waals surface area (Å²) < 4.78 is 57.6. The van der Waals surface area contributed by atoms with Gasteiger partial charge in [0.2, 0.25) is 11.8 Å². The van der Waals surface area contributed by atoms with Gasteiger partial charge in [0.25, 0.3) is 0 Å². The Morgan fingerprint density at radius 1 is 1.22 bits per heavy atom. The van der Waals surface area contributed by atoms with E-state index in [1.54, 1.807) is 7.11 Å². The number of carbonyl (C=O) groups is 2. The fourth-order valence-corrected chi connectivity index (χ4v) is 3.88. The number of ether oxygens (including phenoxy) is 1. The third kappa shape index (κ3) is 5.99. The molecule has 0 unspecified atom stereocenters. The zero-order valence-corrected chi connectivity index (χ0v) is 17.5. The molecule has 1 atom stereocenters. The third-order valence-corrected chi connectivity index (χ3v) is 5.59. The first-order valence-electron chi connectivity index (χ1n) is 10.2. The average molecular weight is 452 g/mol. The Balaban J connectivity index is 1.62. The van der Waals surface area contributed by atoms with E-state index in [2.05, 4.69) is 10.6 Å². The Bertz CT molecular complexity index is 993. The molecule has 1 saturated heterocycles. The van der Waals surface area contributed by atoms with Crippen molar-refractivity contribution in [2.24, 2.45) is 0 Å². The summed E-state index contributed by atoms with van der Waals surface area (Å²) in [4.78, 5) is 24.3. The lowest BCUT2D eigenvalue weighted by Gasteiger charge is -2.29. The molecule has 1 heterocycles. The number of rotatable bonds is 8. The highest BCUT2D eigenvalue weighted by molar-refractivity contribution is 5.80. The average Bonchev–Trinajstić information content (AvgIpc) is 3.11. The van der Waals surface area contributed by atoms with Gasteiger partial charge in [-0.15, -0.1) is 0 Å². The van der Waals surface area contributed by atoms with E-state index in [4.69, 9.17) is 4.74 Å². The number of halogens is 4. The lowest BCUT2D eigenvalue weighted by atomic mass is 9.85. The normalized spacial score (nSPS) is 18.3. The summed E-state index contributed by atoms with van der Waals surface area (Å²) in [6, 6.07) is 9.51. The minimum Gasteiger partial charge on any atom is -0.497 e. The number of carbonyl (C=O) groups excluding carboxylic acids is 2. The Morgan fingerprint density at radius 3 is 2.66 bits per heavy atom. The van der Waals surface area contributed by atoms with Crippen LogP contribution in [0.2, 0.25) is 0 Å². The molecule has 0 saturated carbocycles. The number of amides is 2. The highest BCUT2D eigenvalue weighted by Crippen LogP contribution is 2.31. The summed E-state index contributed by atoms with van der Waals surface area (Å²) in [5.41, 5.74) is -0.886. The van der Waals surface area contributed by atoms with Crippen molar-refractivity contribution in [2.75, 3.05) is 7.11 Å². The van der Waals surface area contributed by atoms with E-state index in [-0.39, 0.29) is 24.4 Å². The zero-order valence-electron chi connectivity index (χ0n) is 17.5. The van der Waals surface area contributed by atoms with E-state index >= 15 is 0 Å². The van der Waals surface area contributed by atoms with Gasteiger partial charge in [-0.2, -0.15) is 13.2 Å². The Kier molecular flexibility index (Phi) is 7.06. The van der Waals surface area contributed by atoms with Crippen LogP contribution in [0.5, 0.6) is 5.75 Å². The summed E-state index contributed by atoms with van der Waals surface area (Å²) in [6.07, 6.45) is -2.82. The molecule has 2 N–H and O–H groups in total. The molecule has 0 radical (unpaired) electrons. The van der Waals surface area contributed by atoms with E-state index in [9.17, 15) is 27.2 Å². The van der Waals surface area contributed by atoms with Crippen LogP contribution in [0.1, 0.15) is 42.4 Å². The van der Waals surface area contributed by atoms with E-state index < -0.39 is 29.0 Å². The van der Waals surface area contributed by atoms with Crippen LogP contribution < -0.4 is 15.4 Å². The van der Waals surface area contributed by atoms with Crippen molar-refractivity contribution in [2.45, 2.75) is 50.4 Å². The van der Waals surface area contributed by atoms with Crippen molar-refractivity contribution in [3.05, 3.63) is 65.0 Å². The number of benzene rings is 2. The van der Waals surface area contributed by atoms with Crippen LogP contribution in [-0.2, 0) is 28.7 Å². The van der Waals surface area contributed by atoms with Gasteiger partial charge in [-0.25, -0.2) is 4.39 Å². The molecule has 0 bridgehead atoms. The fraction of sp³-hybridized carbons (Fsp3) is 0.391. The van der Waals surface area contributed by atoms with Crippen molar-refractivity contribution < 1.29 is 31.9 Å². The maximum Gasteiger partial charge on any atom is 0.416 e. The first-order chi connectivity index (χ1) is 15.1. The summed E-state index contributed by atoms with van der Waals surface area (Å²) in [5, 5.41) is 5.44. The second kappa shape index (κ2) is 9.58. The molecule has 172 valence electrons. The summed E-state index contributed by atoms with van der Waals surface area (Å²) in [5.74, 6) is -0.675. The molecule has 2 amide bonds. The number of hydrogen-bond acceptors (Lipinski definition) is 3. The number of nitrogens with one attached hydrogen (secondary N) is 2. The molecule has 32 heavy (non-hydrogen) atoms. The second-order valence-corrected chi connectivity index (χ2v) is 7.94. The van der Waals surface area contributed by atoms with Crippen molar-refractivity contribution in [1.29, 1.82) is 0 Å². The molecule has 2 aromatic carbocycles. The fourth-order valence-electron chi connectivity index (χ4n) is 3.88. The highest BCUT2D eigenvalue weighted by atomic mass is 19.4. The molecule has 5 nitrogen and oxygen atoms in total. The Hall–Kier alpha value is -3.10. The summed E-state index contributed by atoms with van der Waals surface area (Å²) >= 11 is 0. The van der Waals surface area contributed by atoms with Crippen molar-refractivity contribution in [3.63, 3.8) is 0 Å². The maximum absolute atomic E-state index is 13.9. The monoisotopic (exact) mass is 452 g/mol. The van der Waals surface area contributed by atoms with Crippen molar-refractivity contribution >= 4 is 11.8 Å². The lowest BCUT2D eigenvalue weighted by molar-refractivity contribution is -0.137. The quantitative estimate of drug-likeness (QED) is 0.592. The molecule has 1 aliphatic rings.